The molecule has 0 atom stereocenters. The maximum absolute atomic E-state index is 12.6. The maximum Gasteiger partial charge on any atom is 0.262 e. The van der Waals surface area contributed by atoms with Gasteiger partial charge in [0.2, 0.25) is 5.91 Å². The highest BCUT2D eigenvalue weighted by Crippen LogP contribution is 2.17. The van der Waals surface area contributed by atoms with Gasteiger partial charge in [-0.05, 0) is 42.5 Å². The highest BCUT2D eigenvalue weighted by molar-refractivity contribution is 7.90. The van der Waals surface area contributed by atoms with Gasteiger partial charge >= 0.3 is 0 Å². The number of thiophene rings is 1. The first kappa shape index (κ1) is 18.6. The molecule has 0 unspecified atom stereocenters. The van der Waals surface area contributed by atoms with Gasteiger partial charge in [-0.25, -0.2) is 8.42 Å². The molecule has 6 nitrogen and oxygen atoms in total. The Hall–Kier alpha value is -2.19. The van der Waals surface area contributed by atoms with Gasteiger partial charge in [0.1, 0.15) is 5.84 Å². The van der Waals surface area contributed by atoms with Gasteiger partial charge in [0.05, 0.1) is 11.3 Å². The Kier molecular flexibility index (Phi) is 6.05. The normalized spacial score (nSPS) is 15.0. The summed E-state index contributed by atoms with van der Waals surface area (Å²) >= 11 is 1.51. The summed E-state index contributed by atoms with van der Waals surface area (Å²) in [4.78, 5) is 17.5. The number of nitrogens with one attached hydrogen (secondary N) is 2. The van der Waals surface area contributed by atoms with Crippen LogP contribution in [-0.4, -0.2) is 26.7 Å². The van der Waals surface area contributed by atoms with Crippen molar-refractivity contribution in [1.82, 2.24) is 4.72 Å². The quantitative estimate of drug-likeness (QED) is 0.820. The van der Waals surface area contributed by atoms with E-state index in [0.717, 1.165) is 24.1 Å². The molecule has 0 fully saturated rings. The van der Waals surface area contributed by atoms with Gasteiger partial charge in [-0.2, -0.15) is 0 Å². The SMILES string of the molecule is O=C(Cc1cccs1)Nc1cccc(S(=O)(=O)NC2=NCCCCC2)c1. The van der Waals surface area contributed by atoms with Crippen LogP contribution in [0.2, 0.25) is 0 Å². The van der Waals surface area contributed by atoms with Gasteiger partial charge in [0.25, 0.3) is 10.0 Å². The average molecular weight is 392 g/mol. The first-order valence-corrected chi connectivity index (χ1v) is 10.9. The second-order valence-corrected chi connectivity index (χ2v) is 8.79. The van der Waals surface area contributed by atoms with E-state index in [0.29, 0.717) is 24.5 Å². The number of amidine groups is 1. The van der Waals surface area contributed by atoms with Crippen molar-refractivity contribution in [3.05, 3.63) is 46.7 Å². The van der Waals surface area contributed by atoms with Crippen molar-refractivity contribution in [3.63, 3.8) is 0 Å². The van der Waals surface area contributed by atoms with Gasteiger partial charge in [-0.1, -0.05) is 18.6 Å². The molecule has 8 heteroatoms. The molecule has 1 aromatic heterocycles. The molecule has 2 aromatic rings. The number of carbonyl (C=O) groups is 1. The van der Waals surface area contributed by atoms with Crippen LogP contribution in [0.15, 0.2) is 51.7 Å². The molecule has 0 saturated carbocycles. The van der Waals surface area contributed by atoms with Gasteiger partial charge in [0, 0.05) is 23.5 Å². The van der Waals surface area contributed by atoms with Gasteiger partial charge in [0.15, 0.2) is 0 Å². The second kappa shape index (κ2) is 8.46. The molecule has 1 aliphatic rings. The molecular formula is C18H21N3O3S2. The van der Waals surface area contributed by atoms with Gasteiger partial charge < -0.3 is 5.32 Å². The Labute approximate surface area is 157 Å². The number of nitrogens with zero attached hydrogens (tertiary/aromatic N) is 1. The summed E-state index contributed by atoms with van der Waals surface area (Å²) in [6.07, 6.45) is 3.87. The highest BCUT2D eigenvalue weighted by Gasteiger charge is 2.18. The number of aliphatic imine (C=N–C) groups is 1. The smallest absolute Gasteiger partial charge is 0.262 e. The van der Waals surface area contributed by atoms with E-state index >= 15 is 0 Å². The zero-order chi connectivity index (χ0) is 18.4. The Morgan fingerprint density at radius 3 is 2.85 bits per heavy atom. The first-order chi connectivity index (χ1) is 12.5. The molecule has 3 rings (SSSR count). The van der Waals surface area contributed by atoms with E-state index in [4.69, 9.17) is 0 Å². The van der Waals surface area contributed by atoms with E-state index in [9.17, 15) is 13.2 Å². The Morgan fingerprint density at radius 1 is 1.15 bits per heavy atom. The van der Waals surface area contributed by atoms with Crippen LogP contribution in [0.4, 0.5) is 5.69 Å². The number of hydrogen-bond donors (Lipinski definition) is 2. The predicted octanol–water partition coefficient (Wildman–Crippen LogP) is 3.18. The minimum absolute atomic E-state index is 0.110. The Bertz CT molecular complexity index is 890. The molecule has 1 aliphatic heterocycles. The van der Waals surface area contributed by atoms with Crippen molar-refractivity contribution in [2.24, 2.45) is 4.99 Å². The summed E-state index contributed by atoms with van der Waals surface area (Å²) < 4.78 is 27.8. The summed E-state index contributed by atoms with van der Waals surface area (Å²) in [6.45, 7) is 0.649. The summed E-state index contributed by atoms with van der Waals surface area (Å²) in [6, 6.07) is 10.0. The van der Waals surface area contributed by atoms with Crippen LogP contribution < -0.4 is 10.0 Å². The molecule has 0 bridgehead atoms. The fourth-order valence-electron chi connectivity index (χ4n) is 2.69. The lowest BCUT2D eigenvalue weighted by molar-refractivity contribution is -0.115. The van der Waals surface area contributed by atoms with E-state index in [1.807, 2.05) is 17.5 Å². The number of sulfonamides is 1. The van der Waals surface area contributed by atoms with Crippen LogP contribution in [0.3, 0.4) is 0 Å². The van der Waals surface area contributed by atoms with E-state index in [2.05, 4.69) is 15.0 Å². The topological polar surface area (TPSA) is 87.6 Å². The van der Waals surface area contributed by atoms with E-state index < -0.39 is 10.0 Å². The fourth-order valence-corrected chi connectivity index (χ4v) is 4.53. The standard InChI is InChI=1S/C18H21N3O3S2/c22-18(13-15-7-5-11-25-15)20-14-6-4-8-16(12-14)26(23,24)21-17-9-2-1-3-10-19-17/h4-8,11-12H,1-3,9-10,13H2,(H,19,21)(H,20,22). The van der Waals surface area contributed by atoms with Crippen LogP contribution in [0, 0.1) is 0 Å². The molecule has 2 heterocycles. The third kappa shape index (κ3) is 5.15. The lowest BCUT2D eigenvalue weighted by atomic mass is 10.2. The third-order valence-corrected chi connectivity index (χ3v) is 6.22. The summed E-state index contributed by atoms with van der Waals surface area (Å²) in [5, 5.41) is 4.67. The molecule has 0 radical (unpaired) electrons. The monoisotopic (exact) mass is 391 g/mol. The minimum Gasteiger partial charge on any atom is -0.326 e. The average Bonchev–Trinajstić information content (AvgIpc) is 2.97. The number of amides is 1. The van der Waals surface area contributed by atoms with Crippen LogP contribution in [0.5, 0.6) is 0 Å². The number of benzene rings is 1. The molecular weight excluding hydrogens is 370 g/mol. The zero-order valence-electron chi connectivity index (χ0n) is 14.3. The van der Waals surface area contributed by atoms with Crippen molar-refractivity contribution in [1.29, 1.82) is 0 Å². The number of anilines is 1. The molecule has 138 valence electrons. The van der Waals surface area contributed by atoms with Crippen LogP contribution in [0.25, 0.3) is 0 Å². The Balaban J connectivity index is 1.69. The maximum atomic E-state index is 12.6. The number of hydrogen-bond acceptors (Lipinski definition) is 5. The largest absolute Gasteiger partial charge is 0.326 e. The van der Waals surface area contributed by atoms with Gasteiger partial charge in [-0.15, -0.1) is 11.3 Å². The van der Waals surface area contributed by atoms with Crippen molar-refractivity contribution in [3.8, 4) is 0 Å². The lowest BCUT2D eigenvalue weighted by Crippen LogP contribution is -2.30. The predicted molar refractivity (Wildman–Crippen MR) is 104 cm³/mol. The van der Waals surface area contributed by atoms with Crippen LogP contribution in [-0.2, 0) is 21.2 Å². The van der Waals surface area contributed by atoms with E-state index in [-0.39, 0.29) is 17.2 Å². The minimum atomic E-state index is -3.71. The van der Waals surface area contributed by atoms with Crippen molar-refractivity contribution in [2.45, 2.75) is 37.0 Å². The Morgan fingerprint density at radius 2 is 2.04 bits per heavy atom. The molecule has 0 aliphatic carbocycles. The third-order valence-electron chi connectivity index (χ3n) is 3.97. The molecule has 26 heavy (non-hydrogen) atoms. The molecule has 0 spiro atoms. The molecule has 1 amide bonds. The van der Waals surface area contributed by atoms with Crippen molar-refractivity contribution >= 4 is 38.8 Å². The molecule has 0 saturated heterocycles. The second-order valence-electron chi connectivity index (χ2n) is 6.08. The van der Waals surface area contributed by atoms with Crippen molar-refractivity contribution in [2.75, 3.05) is 11.9 Å². The molecule has 1 aromatic carbocycles. The number of rotatable bonds is 5. The van der Waals surface area contributed by atoms with Crippen molar-refractivity contribution < 1.29 is 13.2 Å². The van der Waals surface area contributed by atoms with Gasteiger partial charge in [-0.3, -0.25) is 14.5 Å². The van der Waals surface area contributed by atoms with Crippen LogP contribution in [0.1, 0.15) is 30.6 Å². The van der Waals surface area contributed by atoms with E-state index in [1.54, 1.807) is 12.1 Å². The summed E-state index contributed by atoms with van der Waals surface area (Å²) in [7, 11) is -3.71. The van der Waals surface area contributed by atoms with Crippen LogP contribution >= 0.6 is 11.3 Å². The zero-order valence-corrected chi connectivity index (χ0v) is 15.9. The summed E-state index contributed by atoms with van der Waals surface area (Å²) in [5.41, 5.74) is 0.456. The highest BCUT2D eigenvalue weighted by atomic mass is 32.2. The van der Waals surface area contributed by atoms with E-state index in [1.165, 1.54) is 23.5 Å². The lowest BCUT2D eigenvalue weighted by Gasteiger charge is -2.11. The number of carbonyl (C=O) groups excluding carboxylic acids is 1. The first-order valence-electron chi connectivity index (χ1n) is 8.51. The molecule has 2 N–H and O–H groups in total. The summed E-state index contributed by atoms with van der Waals surface area (Å²) in [5.74, 6) is 0.331. The fraction of sp³-hybridized carbons (Fsp3) is 0.333.